The summed E-state index contributed by atoms with van der Waals surface area (Å²) in [7, 11) is 0. The Balaban J connectivity index is 1.59. The number of carbonyl (C=O) groups excluding carboxylic acids is 1. The van der Waals surface area contributed by atoms with Gasteiger partial charge in [0.15, 0.2) is 5.25 Å². The molecule has 4 rings (SSSR count). The molecule has 3 N–H and O–H groups in total. The fourth-order valence-corrected chi connectivity index (χ4v) is 5.84. The van der Waals surface area contributed by atoms with Gasteiger partial charge < -0.3 is 20.4 Å². The Morgan fingerprint density at radius 3 is 2.58 bits per heavy atom. The van der Waals surface area contributed by atoms with Crippen LogP contribution >= 0.6 is 11.6 Å². The van der Waals surface area contributed by atoms with Crippen LogP contribution in [0.3, 0.4) is 0 Å². The van der Waals surface area contributed by atoms with E-state index < -0.39 is 23.4 Å². The molecule has 1 fully saturated rings. The van der Waals surface area contributed by atoms with Gasteiger partial charge in [0.2, 0.25) is 17.1 Å². The predicted molar refractivity (Wildman–Crippen MR) is 143 cm³/mol. The van der Waals surface area contributed by atoms with Gasteiger partial charge in [0, 0.05) is 42.9 Å². The number of halogens is 2. The van der Waals surface area contributed by atoms with Crippen molar-refractivity contribution in [1.29, 1.82) is 5.41 Å². The summed E-state index contributed by atoms with van der Waals surface area (Å²) >= 11 is 5.25. The molecular weight excluding hydrogens is 503 g/mol. The van der Waals surface area contributed by atoms with Crippen molar-refractivity contribution in [2.45, 2.75) is 38.0 Å². The van der Waals surface area contributed by atoms with E-state index in [1.54, 1.807) is 30.3 Å². The molecule has 0 radical (unpaired) electrons. The molecule has 1 aliphatic carbocycles. The number of fused-ring (bicyclic) bond motifs is 1. The van der Waals surface area contributed by atoms with Crippen LogP contribution in [0.25, 0.3) is 0 Å². The summed E-state index contributed by atoms with van der Waals surface area (Å²) in [6.45, 7) is 6.20. The first-order chi connectivity index (χ1) is 17.3. The molecule has 1 amide bonds. The average Bonchev–Trinajstić information content (AvgIpc) is 3.28. The number of ether oxygens (including phenoxy) is 1. The normalized spacial score (nSPS) is 19.5. The first-order valence-corrected chi connectivity index (χ1v) is 13.5. The van der Waals surface area contributed by atoms with Gasteiger partial charge in [0.1, 0.15) is 17.6 Å². The van der Waals surface area contributed by atoms with E-state index >= 15 is 0 Å². The highest BCUT2D eigenvalue weighted by molar-refractivity contribution is 7.89. The molecule has 10 heteroatoms. The van der Waals surface area contributed by atoms with Crippen LogP contribution in [-0.4, -0.2) is 63.4 Å². The van der Waals surface area contributed by atoms with Gasteiger partial charge in [0.05, 0.1) is 13.1 Å². The molecule has 1 heterocycles. The third-order valence-electron chi connectivity index (χ3n) is 6.30. The molecule has 2 aromatic rings. The molecule has 0 spiro atoms. The molecule has 0 aromatic heterocycles. The van der Waals surface area contributed by atoms with Crippen LogP contribution in [0.2, 0.25) is 5.02 Å². The molecule has 2 atom stereocenters. The zero-order valence-corrected chi connectivity index (χ0v) is 21.9. The summed E-state index contributed by atoms with van der Waals surface area (Å²) in [4.78, 5) is 15.4. The number of rotatable bonds is 8. The van der Waals surface area contributed by atoms with Crippen LogP contribution in [0, 0.1) is 11.2 Å². The van der Waals surface area contributed by atoms with Crippen LogP contribution in [0.1, 0.15) is 25.0 Å². The minimum Gasteiger partial charge on any atom is -0.482 e. The van der Waals surface area contributed by atoms with E-state index in [0.717, 1.165) is 11.8 Å². The topological polar surface area (TPSA) is 88.9 Å². The number of piperazine rings is 1. The molecular formula is C26H31ClFN4O3S+. The molecule has 36 heavy (non-hydrogen) atoms. The third kappa shape index (κ3) is 6.03. The fourth-order valence-electron chi connectivity index (χ4n) is 4.52. The number of nitrogens with one attached hydrogen (secondary N) is 2. The number of hydrogen-bond acceptors (Lipinski definition) is 6. The summed E-state index contributed by atoms with van der Waals surface area (Å²) in [6, 6.07) is 11.8. The third-order valence-corrected chi connectivity index (χ3v) is 8.28. The van der Waals surface area contributed by atoms with Gasteiger partial charge in [0.25, 0.3) is 5.91 Å². The molecule has 192 valence electrons. The fraction of sp³-hybridized carbons (Fsp3) is 0.385. The Morgan fingerprint density at radius 1 is 1.22 bits per heavy atom. The summed E-state index contributed by atoms with van der Waals surface area (Å²) in [6.07, 6.45) is 1.52. The maximum atomic E-state index is 14.3. The molecule has 0 saturated carbocycles. The van der Waals surface area contributed by atoms with Crippen LogP contribution in [0.4, 0.5) is 10.1 Å². The first kappa shape index (κ1) is 26.5. The molecule has 7 nitrogen and oxygen atoms in total. The Bertz CT molecular complexity index is 1150. The standard InChI is InChI=1S/C26H30ClFN4O3S/c1-17(2)36(34)32-11-9-31(10-12-32)24(16-29)25(26(33)30-20-7-4-6-19(27)14-20)35-21-13-18-5-3-8-23(28)22(18)15-21/h3-8,14,16-17,21,29,34H,9-13,15H2,1-2H3/p+1/b25-24-,29-16?. The summed E-state index contributed by atoms with van der Waals surface area (Å²) in [5.41, 5.74) is 2.33. The summed E-state index contributed by atoms with van der Waals surface area (Å²) < 4.78 is 33.1. The van der Waals surface area contributed by atoms with Crippen molar-refractivity contribution >= 4 is 40.8 Å². The zero-order chi connectivity index (χ0) is 25.8. The summed E-state index contributed by atoms with van der Waals surface area (Å²) in [5.74, 6) is -0.761. The molecule has 2 aliphatic rings. The SMILES string of the molecule is CC(C)[S+](O)N1CCN(/C(C=N)=C(\OC2Cc3cccc(F)c3C2)C(=O)Nc2cccc(Cl)c2)CC1. The van der Waals surface area contributed by atoms with E-state index in [1.165, 1.54) is 6.07 Å². The van der Waals surface area contributed by atoms with Crippen molar-refractivity contribution in [1.82, 2.24) is 9.21 Å². The van der Waals surface area contributed by atoms with Crippen molar-refractivity contribution in [2.75, 3.05) is 31.5 Å². The van der Waals surface area contributed by atoms with Crippen molar-refractivity contribution in [3.63, 3.8) is 0 Å². The van der Waals surface area contributed by atoms with Gasteiger partial charge in [-0.15, -0.1) is 0 Å². The number of carbonyl (C=O) groups is 1. The van der Waals surface area contributed by atoms with E-state index in [-0.39, 0.29) is 16.8 Å². The van der Waals surface area contributed by atoms with Crippen LogP contribution in [-0.2, 0) is 33.7 Å². The number of allylic oxidation sites excluding steroid dienone is 1. The minimum atomic E-state index is -0.840. The number of hydrogen-bond donors (Lipinski definition) is 3. The highest BCUT2D eigenvalue weighted by Gasteiger charge is 2.36. The second-order valence-electron chi connectivity index (χ2n) is 9.11. The van der Waals surface area contributed by atoms with Gasteiger partial charge in [-0.1, -0.05) is 34.1 Å². The molecule has 2 aromatic carbocycles. The van der Waals surface area contributed by atoms with E-state index in [9.17, 15) is 13.7 Å². The molecule has 1 aliphatic heterocycles. The lowest BCUT2D eigenvalue weighted by atomic mass is 10.1. The van der Waals surface area contributed by atoms with Crippen molar-refractivity contribution in [2.24, 2.45) is 0 Å². The number of amides is 1. The van der Waals surface area contributed by atoms with E-state index in [4.69, 9.17) is 21.7 Å². The number of anilines is 1. The monoisotopic (exact) mass is 533 g/mol. The lowest BCUT2D eigenvalue weighted by Crippen LogP contribution is -2.50. The zero-order valence-electron chi connectivity index (χ0n) is 20.3. The largest absolute Gasteiger partial charge is 0.482 e. The van der Waals surface area contributed by atoms with Gasteiger partial charge in [-0.05, 0) is 49.2 Å². The molecule has 1 saturated heterocycles. The highest BCUT2D eigenvalue weighted by Crippen LogP contribution is 2.29. The number of nitrogens with zero attached hydrogens (tertiary/aromatic N) is 2. The quantitative estimate of drug-likeness (QED) is 0.201. The van der Waals surface area contributed by atoms with Gasteiger partial charge in [-0.2, -0.15) is 4.55 Å². The maximum absolute atomic E-state index is 14.3. The Kier molecular flexibility index (Phi) is 8.56. The van der Waals surface area contributed by atoms with Crippen molar-refractivity contribution in [3.8, 4) is 0 Å². The van der Waals surface area contributed by atoms with Crippen molar-refractivity contribution in [3.05, 3.63) is 75.9 Å². The lowest BCUT2D eigenvalue weighted by molar-refractivity contribution is -0.117. The predicted octanol–water partition coefficient (Wildman–Crippen LogP) is 4.50. The molecule has 0 bridgehead atoms. The minimum absolute atomic E-state index is 0.0171. The van der Waals surface area contributed by atoms with E-state index in [0.29, 0.717) is 61.0 Å². The van der Waals surface area contributed by atoms with Gasteiger partial charge in [-0.25, -0.2) is 4.39 Å². The maximum Gasteiger partial charge on any atom is 0.293 e. The second kappa shape index (κ2) is 11.6. The Hall–Kier alpha value is -2.59. The number of benzene rings is 2. The first-order valence-electron chi connectivity index (χ1n) is 11.9. The lowest BCUT2D eigenvalue weighted by Gasteiger charge is -2.34. The second-order valence-corrected chi connectivity index (χ2v) is 11.6. The molecule has 2 unspecified atom stereocenters. The van der Waals surface area contributed by atoms with Crippen molar-refractivity contribution < 1.29 is 18.5 Å². The van der Waals surface area contributed by atoms with Crippen LogP contribution < -0.4 is 5.32 Å². The smallest absolute Gasteiger partial charge is 0.293 e. The summed E-state index contributed by atoms with van der Waals surface area (Å²) in [5, 5.41) is 11.6. The average molecular weight is 534 g/mol. The van der Waals surface area contributed by atoms with E-state index in [1.807, 2.05) is 29.1 Å². The Labute approximate surface area is 219 Å². The Morgan fingerprint density at radius 2 is 1.94 bits per heavy atom. The van der Waals surface area contributed by atoms with Gasteiger partial charge >= 0.3 is 0 Å². The van der Waals surface area contributed by atoms with Crippen LogP contribution in [0.5, 0.6) is 0 Å². The van der Waals surface area contributed by atoms with Crippen LogP contribution in [0.15, 0.2) is 53.9 Å². The van der Waals surface area contributed by atoms with Gasteiger partial charge in [-0.3, -0.25) is 4.79 Å². The van der Waals surface area contributed by atoms with E-state index in [2.05, 4.69) is 5.32 Å². The highest BCUT2D eigenvalue weighted by atomic mass is 35.5.